The van der Waals surface area contributed by atoms with Crippen molar-refractivity contribution in [3.63, 3.8) is 0 Å². The zero-order valence-corrected chi connectivity index (χ0v) is 12.7. The van der Waals surface area contributed by atoms with E-state index < -0.39 is 0 Å². The summed E-state index contributed by atoms with van der Waals surface area (Å²) < 4.78 is 5.87. The Morgan fingerprint density at radius 1 is 1.42 bits per heavy atom. The fourth-order valence-electron chi connectivity index (χ4n) is 2.77. The van der Waals surface area contributed by atoms with Crippen molar-refractivity contribution in [2.24, 2.45) is 17.6 Å². The molecule has 0 aliphatic heterocycles. The van der Waals surface area contributed by atoms with E-state index in [-0.39, 0.29) is 18.1 Å². The van der Waals surface area contributed by atoms with Crippen LogP contribution >= 0.6 is 0 Å². The van der Waals surface area contributed by atoms with Crippen LogP contribution in [0.4, 0.5) is 0 Å². The van der Waals surface area contributed by atoms with E-state index in [1.807, 2.05) is 6.92 Å². The first-order valence-electron chi connectivity index (χ1n) is 7.63. The molecule has 0 aromatic carbocycles. The van der Waals surface area contributed by atoms with Gasteiger partial charge in [-0.05, 0) is 43.9 Å². The molecular formula is C15H30N2O2. The van der Waals surface area contributed by atoms with Crippen molar-refractivity contribution < 1.29 is 9.53 Å². The van der Waals surface area contributed by atoms with E-state index in [1.165, 1.54) is 0 Å². The molecule has 4 heteroatoms. The van der Waals surface area contributed by atoms with Gasteiger partial charge in [0, 0.05) is 13.1 Å². The molecule has 1 saturated carbocycles. The number of hydrogen-bond acceptors (Lipinski definition) is 3. The van der Waals surface area contributed by atoms with Crippen molar-refractivity contribution in [3.05, 3.63) is 0 Å². The number of carbonyl (C=O) groups excluding carboxylic acids is 1. The van der Waals surface area contributed by atoms with Gasteiger partial charge in [-0.25, -0.2) is 0 Å². The predicted octanol–water partition coefficient (Wildman–Crippen LogP) is 2.07. The molecule has 1 rings (SSSR count). The molecule has 0 saturated heterocycles. The summed E-state index contributed by atoms with van der Waals surface area (Å²) in [7, 11) is 0. The second-order valence-electron chi connectivity index (χ2n) is 6.11. The first-order valence-corrected chi connectivity index (χ1v) is 7.63. The summed E-state index contributed by atoms with van der Waals surface area (Å²) in [5.41, 5.74) is 5.62. The molecule has 3 N–H and O–H groups in total. The standard InChI is InChI=1S/C15H30N2O2/c1-4-9-17-14(18)10-19-15(11-16)7-5-13(6-8-15)12(2)3/h12-13H,4-11,16H2,1-3H3,(H,17,18). The topological polar surface area (TPSA) is 64.3 Å². The molecule has 0 spiro atoms. The highest BCUT2D eigenvalue weighted by Crippen LogP contribution is 2.37. The molecule has 1 aliphatic rings. The van der Waals surface area contributed by atoms with Gasteiger partial charge in [0.2, 0.25) is 5.91 Å². The quantitative estimate of drug-likeness (QED) is 0.744. The van der Waals surface area contributed by atoms with Crippen molar-refractivity contribution in [2.45, 2.75) is 58.5 Å². The molecule has 0 radical (unpaired) electrons. The minimum absolute atomic E-state index is 0.0272. The average molecular weight is 270 g/mol. The zero-order valence-electron chi connectivity index (χ0n) is 12.7. The second kappa shape index (κ2) is 7.85. The van der Waals surface area contributed by atoms with Crippen LogP contribution in [0.3, 0.4) is 0 Å². The summed E-state index contributed by atoms with van der Waals surface area (Å²) in [6, 6.07) is 0. The Kier molecular flexibility index (Phi) is 6.80. The monoisotopic (exact) mass is 270 g/mol. The summed E-state index contributed by atoms with van der Waals surface area (Å²) in [6.07, 6.45) is 5.22. The Morgan fingerprint density at radius 3 is 2.53 bits per heavy atom. The highest BCUT2D eigenvalue weighted by Gasteiger charge is 2.36. The highest BCUT2D eigenvalue weighted by atomic mass is 16.5. The molecular weight excluding hydrogens is 240 g/mol. The number of rotatable bonds is 7. The summed E-state index contributed by atoms with van der Waals surface area (Å²) in [5, 5.41) is 2.84. The number of carbonyl (C=O) groups is 1. The summed E-state index contributed by atoms with van der Waals surface area (Å²) in [4.78, 5) is 11.6. The third-order valence-corrected chi connectivity index (χ3v) is 4.34. The molecule has 1 fully saturated rings. The van der Waals surface area contributed by atoms with Crippen LogP contribution in [0, 0.1) is 11.8 Å². The fourth-order valence-corrected chi connectivity index (χ4v) is 2.77. The number of nitrogens with one attached hydrogen (secondary N) is 1. The Hall–Kier alpha value is -0.610. The molecule has 112 valence electrons. The average Bonchev–Trinajstić information content (AvgIpc) is 2.43. The van der Waals surface area contributed by atoms with Gasteiger partial charge < -0.3 is 15.8 Å². The molecule has 1 aliphatic carbocycles. The maximum atomic E-state index is 11.6. The van der Waals surface area contributed by atoms with Crippen LogP contribution in [-0.4, -0.2) is 31.2 Å². The van der Waals surface area contributed by atoms with Crippen LogP contribution in [0.1, 0.15) is 52.9 Å². The Bertz CT molecular complexity index is 271. The summed E-state index contributed by atoms with van der Waals surface area (Å²) in [6.45, 7) is 7.96. The minimum atomic E-state index is -0.269. The third-order valence-electron chi connectivity index (χ3n) is 4.34. The van der Waals surface area contributed by atoms with Gasteiger partial charge in [0.1, 0.15) is 6.61 Å². The first-order chi connectivity index (χ1) is 9.03. The summed E-state index contributed by atoms with van der Waals surface area (Å²) >= 11 is 0. The highest BCUT2D eigenvalue weighted by molar-refractivity contribution is 5.77. The molecule has 1 amide bonds. The first kappa shape index (κ1) is 16.4. The van der Waals surface area contributed by atoms with E-state index in [2.05, 4.69) is 19.2 Å². The molecule has 0 aromatic heterocycles. The van der Waals surface area contributed by atoms with Gasteiger partial charge in [-0.15, -0.1) is 0 Å². The van der Waals surface area contributed by atoms with Gasteiger partial charge >= 0.3 is 0 Å². The molecule has 0 atom stereocenters. The largest absolute Gasteiger partial charge is 0.364 e. The Morgan fingerprint density at radius 2 is 2.05 bits per heavy atom. The van der Waals surface area contributed by atoms with E-state index in [4.69, 9.17) is 10.5 Å². The van der Waals surface area contributed by atoms with E-state index in [0.717, 1.165) is 43.9 Å². The lowest BCUT2D eigenvalue weighted by Crippen LogP contribution is -2.46. The van der Waals surface area contributed by atoms with Gasteiger partial charge in [-0.2, -0.15) is 0 Å². The van der Waals surface area contributed by atoms with Crippen molar-refractivity contribution in [1.82, 2.24) is 5.32 Å². The van der Waals surface area contributed by atoms with E-state index in [9.17, 15) is 4.79 Å². The number of nitrogens with two attached hydrogens (primary N) is 1. The lowest BCUT2D eigenvalue weighted by Gasteiger charge is -2.40. The predicted molar refractivity (Wildman–Crippen MR) is 77.8 cm³/mol. The van der Waals surface area contributed by atoms with Crippen molar-refractivity contribution in [3.8, 4) is 0 Å². The Balaban J connectivity index is 2.39. The Labute approximate surface area is 117 Å². The molecule has 19 heavy (non-hydrogen) atoms. The van der Waals surface area contributed by atoms with Crippen molar-refractivity contribution >= 4 is 5.91 Å². The van der Waals surface area contributed by atoms with Gasteiger partial charge in [0.25, 0.3) is 0 Å². The molecule has 0 heterocycles. The van der Waals surface area contributed by atoms with Crippen molar-refractivity contribution in [1.29, 1.82) is 0 Å². The van der Waals surface area contributed by atoms with Gasteiger partial charge in [-0.1, -0.05) is 20.8 Å². The normalized spacial score (nSPS) is 27.5. The number of amides is 1. The zero-order chi connectivity index (χ0) is 14.3. The third kappa shape index (κ3) is 5.11. The maximum absolute atomic E-state index is 11.6. The number of ether oxygens (including phenoxy) is 1. The lowest BCUT2D eigenvalue weighted by atomic mass is 9.74. The summed E-state index contributed by atoms with van der Waals surface area (Å²) in [5.74, 6) is 1.47. The lowest BCUT2D eigenvalue weighted by molar-refractivity contribution is -0.136. The molecule has 0 bridgehead atoms. The van der Waals surface area contributed by atoms with E-state index in [1.54, 1.807) is 0 Å². The molecule has 0 aromatic rings. The van der Waals surface area contributed by atoms with Crippen LogP contribution in [0.25, 0.3) is 0 Å². The molecule has 4 nitrogen and oxygen atoms in total. The van der Waals surface area contributed by atoms with Crippen LogP contribution < -0.4 is 11.1 Å². The maximum Gasteiger partial charge on any atom is 0.246 e. The number of hydrogen-bond donors (Lipinski definition) is 2. The van der Waals surface area contributed by atoms with Crippen LogP contribution in [0.2, 0.25) is 0 Å². The smallest absolute Gasteiger partial charge is 0.246 e. The minimum Gasteiger partial charge on any atom is -0.364 e. The van der Waals surface area contributed by atoms with Crippen LogP contribution in [0.5, 0.6) is 0 Å². The second-order valence-corrected chi connectivity index (χ2v) is 6.11. The van der Waals surface area contributed by atoms with Crippen LogP contribution in [-0.2, 0) is 9.53 Å². The van der Waals surface area contributed by atoms with E-state index >= 15 is 0 Å². The SMILES string of the molecule is CCCNC(=O)COC1(CN)CCC(C(C)C)CC1. The molecule has 0 unspecified atom stereocenters. The van der Waals surface area contributed by atoms with Crippen molar-refractivity contribution in [2.75, 3.05) is 19.7 Å². The van der Waals surface area contributed by atoms with E-state index in [0.29, 0.717) is 13.1 Å². The fraction of sp³-hybridized carbons (Fsp3) is 0.933. The van der Waals surface area contributed by atoms with Crippen LogP contribution in [0.15, 0.2) is 0 Å². The van der Waals surface area contributed by atoms with Gasteiger partial charge in [-0.3, -0.25) is 4.79 Å². The van der Waals surface area contributed by atoms with Gasteiger partial charge in [0.15, 0.2) is 0 Å². The van der Waals surface area contributed by atoms with Gasteiger partial charge in [0.05, 0.1) is 5.60 Å².